The molecule has 5 aliphatic rings. The first-order valence-electron chi connectivity index (χ1n) is 10.00. The van der Waals surface area contributed by atoms with Crippen molar-refractivity contribution >= 4 is 21.8 Å². The zero-order valence-electron chi connectivity index (χ0n) is 14.9. The summed E-state index contributed by atoms with van der Waals surface area (Å²) in [7, 11) is 0. The molecule has 1 amide bonds. The van der Waals surface area contributed by atoms with E-state index < -0.39 is 0 Å². The molecule has 0 aliphatic heterocycles. The van der Waals surface area contributed by atoms with Crippen LogP contribution in [0.25, 0.3) is 0 Å². The molecule has 0 heterocycles. The molecule has 1 aromatic rings. The molecule has 4 bridgehead atoms. The lowest BCUT2D eigenvalue weighted by molar-refractivity contribution is -0.128. The van der Waals surface area contributed by atoms with Gasteiger partial charge in [0.05, 0.1) is 0 Å². The van der Waals surface area contributed by atoms with E-state index in [9.17, 15) is 4.79 Å². The van der Waals surface area contributed by atoms with Gasteiger partial charge in [-0.15, -0.1) is 0 Å². The van der Waals surface area contributed by atoms with Crippen LogP contribution in [0.15, 0.2) is 30.3 Å². The number of hydrogen-bond donors (Lipinski definition) is 1. The number of amides is 1. The number of carbonyl (C=O) groups excluding carboxylic acids is 1. The average molecular weight is 402 g/mol. The molecule has 5 fully saturated rings. The molecule has 25 heavy (non-hydrogen) atoms. The Labute approximate surface area is 159 Å². The van der Waals surface area contributed by atoms with Gasteiger partial charge in [0.1, 0.15) is 0 Å². The lowest BCUT2D eigenvalue weighted by Crippen LogP contribution is -2.54. The molecule has 2 nitrogen and oxygen atoms in total. The number of nitrogens with one attached hydrogen (secondary N) is 1. The Bertz CT molecular complexity index is 667. The summed E-state index contributed by atoms with van der Waals surface area (Å²) >= 11 is 4.06. The summed E-state index contributed by atoms with van der Waals surface area (Å²) in [5.74, 6) is 2.00. The molecule has 5 aliphatic carbocycles. The summed E-state index contributed by atoms with van der Waals surface area (Å²) in [5.41, 5.74) is 1.89. The van der Waals surface area contributed by atoms with E-state index in [2.05, 4.69) is 51.6 Å². The molecule has 1 N–H and O–H groups in total. The minimum atomic E-state index is 0.217. The highest BCUT2D eigenvalue weighted by atomic mass is 79.9. The lowest BCUT2D eigenvalue weighted by atomic mass is 9.48. The van der Waals surface area contributed by atoms with Crippen molar-refractivity contribution in [2.45, 2.75) is 67.5 Å². The highest BCUT2D eigenvalue weighted by molar-refractivity contribution is 9.10. The number of hydrogen-bond acceptors (Lipinski definition) is 1. The van der Waals surface area contributed by atoms with Gasteiger partial charge in [-0.25, -0.2) is 0 Å². The molecule has 3 heteroatoms. The third-order valence-electron chi connectivity index (χ3n) is 7.51. The van der Waals surface area contributed by atoms with Crippen molar-refractivity contribution < 1.29 is 4.79 Å². The van der Waals surface area contributed by atoms with E-state index in [0.29, 0.717) is 10.2 Å². The predicted octanol–water partition coefficient (Wildman–Crippen LogP) is 4.96. The molecule has 0 saturated heterocycles. The summed E-state index contributed by atoms with van der Waals surface area (Å²) in [5, 5.41) is 3.32. The second-order valence-electron chi connectivity index (χ2n) is 9.71. The normalized spacial score (nSPS) is 40.0. The fourth-order valence-electron chi connectivity index (χ4n) is 6.72. The monoisotopic (exact) mass is 401 g/mol. The van der Waals surface area contributed by atoms with Gasteiger partial charge in [0.15, 0.2) is 0 Å². The Kier molecular flexibility index (Phi) is 3.65. The van der Waals surface area contributed by atoms with Gasteiger partial charge in [0, 0.05) is 22.7 Å². The third kappa shape index (κ3) is 2.97. The largest absolute Gasteiger partial charge is 0.355 e. The Morgan fingerprint density at radius 3 is 2.36 bits per heavy atom. The maximum Gasteiger partial charge on any atom is 0.220 e. The number of benzene rings is 1. The summed E-state index contributed by atoms with van der Waals surface area (Å²) in [6.45, 7) is 0.818. The zero-order chi connectivity index (χ0) is 17.1. The Balaban J connectivity index is 1.23. The lowest BCUT2D eigenvalue weighted by Gasteiger charge is -2.60. The van der Waals surface area contributed by atoms with Crippen LogP contribution in [0, 0.1) is 17.3 Å². The van der Waals surface area contributed by atoms with Crippen molar-refractivity contribution in [2.24, 2.45) is 17.3 Å². The van der Waals surface area contributed by atoms with E-state index in [1.807, 2.05) is 0 Å². The van der Waals surface area contributed by atoms with E-state index >= 15 is 0 Å². The molecular weight excluding hydrogens is 374 g/mol. The summed E-state index contributed by atoms with van der Waals surface area (Å²) < 4.78 is 0.346. The summed E-state index contributed by atoms with van der Waals surface area (Å²) in [6, 6.07) is 10.7. The van der Waals surface area contributed by atoms with Crippen LogP contribution in [0.2, 0.25) is 0 Å². The first kappa shape index (κ1) is 16.4. The van der Waals surface area contributed by atoms with Gasteiger partial charge in [-0.2, -0.15) is 0 Å². The zero-order valence-corrected chi connectivity index (χ0v) is 16.5. The van der Waals surface area contributed by atoms with Crippen LogP contribution in [-0.4, -0.2) is 16.8 Å². The Hall–Kier alpha value is -0.830. The second-order valence-corrected chi connectivity index (χ2v) is 11.4. The van der Waals surface area contributed by atoms with Crippen LogP contribution in [-0.2, 0) is 10.2 Å². The van der Waals surface area contributed by atoms with E-state index in [-0.39, 0.29) is 10.8 Å². The standard InChI is InChI=1S/C22H28BrNO/c23-22-11-16-8-17(12-22)10-20(9-16,14-22)13-19(25)24-15-21(6-7-21)18-4-2-1-3-5-18/h1-5,16-17H,6-15H2,(H,24,25). The van der Waals surface area contributed by atoms with Crippen molar-refractivity contribution in [1.82, 2.24) is 5.32 Å². The molecular formula is C22H28BrNO. The highest BCUT2D eigenvalue weighted by Crippen LogP contribution is 2.65. The van der Waals surface area contributed by atoms with Gasteiger partial charge >= 0.3 is 0 Å². The van der Waals surface area contributed by atoms with Gasteiger partial charge in [-0.1, -0.05) is 46.3 Å². The van der Waals surface area contributed by atoms with Crippen LogP contribution in [0.5, 0.6) is 0 Å². The van der Waals surface area contributed by atoms with Crippen LogP contribution < -0.4 is 5.32 Å². The van der Waals surface area contributed by atoms with E-state index in [4.69, 9.17) is 0 Å². The fraction of sp³-hybridized carbons (Fsp3) is 0.682. The smallest absolute Gasteiger partial charge is 0.220 e. The molecule has 2 unspecified atom stereocenters. The number of carbonyl (C=O) groups is 1. The molecule has 5 saturated carbocycles. The number of alkyl halides is 1. The minimum Gasteiger partial charge on any atom is -0.355 e. The van der Waals surface area contributed by atoms with Crippen molar-refractivity contribution in [3.63, 3.8) is 0 Å². The molecule has 6 rings (SSSR count). The number of rotatable bonds is 5. The number of halogens is 1. The van der Waals surface area contributed by atoms with Gasteiger partial charge in [-0.05, 0) is 74.2 Å². The molecule has 0 spiro atoms. The Morgan fingerprint density at radius 2 is 1.76 bits per heavy atom. The van der Waals surface area contributed by atoms with Crippen LogP contribution in [0.4, 0.5) is 0 Å². The van der Waals surface area contributed by atoms with Crippen molar-refractivity contribution in [3.8, 4) is 0 Å². The maximum atomic E-state index is 12.8. The van der Waals surface area contributed by atoms with Gasteiger partial charge < -0.3 is 5.32 Å². The SMILES string of the molecule is O=C(CC12CC3CC(CC(Br)(C3)C1)C2)NCC1(c2ccccc2)CC1. The predicted molar refractivity (Wildman–Crippen MR) is 104 cm³/mol. The van der Waals surface area contributed by atoms with Crippen LogP contribution in [0.1, 0.15) is 63.4 Å². The third-order valence-corrected chi connectivity index (χ3v) is 8.44. The summed E-state index contributed by atoms with van der Waals surface area (Å²) in [6.07, 6.45) is 11.0. The van der Waals surface area contributed by atoms with Crippen molar-refractivity contribution in [2.75, 3.05) is 6.54 Å². The minimum absolute atomic E-state index is 0.217. The first-order valence-corrected chi connectivity index (χ1v) is 10.8. The molecule has 0 radical (unpaired) electrons. The topological polar surface area (TPSA) is 29.1 Å². The molecule has 2 atom stereocenters. The van der Waals surface area contributed by atoms with Gasteiger partial charge in [0.25, 0.3) is 0 Å². The molecule has 0 aromatic heterocycles. The summed E-state index contributed by atoms with van der Waals surface area (Å²) in [4.78, 5) is 12.8. The second kappa shape index (κ2) is 5.58. The maximum absolute atomic E-state index is 12.8. The average Bonchev–Trinajstić information content (AvgIpc) is 3.32. The highest BCUT2D eigenvalue weighted by Gasteiger charge is 2.57. The van der Waals surface area contributed by atoms with E-state index in [1.165, 1.54) is 56.9 Å². The fourth-order valence-corrected chi connectivity index (χ4v) is 8.23. The quantitative estimate of drug-likeness (QED) is 0.694. The van der Waals surface area contributed by atoms with Crippen molar-refractivity contribution in [1.29, 1.82) is 0 Å². The Morgan fingerprint density at radius 1 is 1.08 bits per heavy atom. The van der Waals surface area contributed by atoms with E-state index in [1.54, 1.807) is 0 Å². The van der Waals surface area contributed by atoms with Crippen LogP contribution in [0.3, 0.4) is 0 Å². The molecule has 134 valence electrons. The van der Waals surface area contributed by atoms with E-state index in [0.717, 1.165) is 24.8 Å². The van der Waals surface area contributed by atoms with Gasteiger partial charge in [-0.3, -0.25) is 4.79 Å². The van der Waals surface area contributed by atoms with Crippen LogP contribution >= 0.6 is 15.9 Å². The van der Waals surface area contributed by atoms with Crippen molar-refractivity contribution in [3.05, 3.63) is 35.9 Å². The van der Waals surface area contributed by atoms with Gasteiger partial charge in [0.2, 0.25) is 5.91 Å². The molecule has 1 aromatic carbocycles. The first-order chi connectivity index (χ1) is 12.0.